The number of primary amides is 1. The summed E-state index contributed by atoms with van der Waals surface area (Å²) in [5, 5.41) is 2.87. The molecule has 0 spiro atoms. The number of para-hydroxylation sites is 1. The SMILES string of the molecule is COc1ccc(NC(=O)C2CCN(C(=O)CCOc3ccccc3)CC2)cc1OCC(N)=O. The van der Waals surface area contributed by atoms with Crippen molar-refractivity contribution in [3.05, 3.63) is 48.5 Å². The number of hydrogen-bond donors (Lipinski definition) is 2. The van der Waals surface area contributed by atoms with Crippen molar-refractivity contribution in [3.8, 4) is 17.2 Å². The molecular formula is C24H29N3O6. The average Bonchev–Trinajstić information content (AvgIpc) is 2.83. The Hall–Kier alpha value is -3.75. The highest BCUT2D eigenvalue weighted by atomic mass is 16.5. The number of likely N-dealkylation sites (tertiary alicyclic amines) is 1. The van der Waals surface area contributed by atoms with Gasteiger partial charge in [0.25, 0.3) is 5.91 Å². The van der Waals surface area contributed by atoms with Crippen molar-refractivity contribution in [3.63, 3.8) is 0 Å². The number of amides is 3. The number of anilines is 1. The molecular weight excluding hydrogens is 426 g/mol. The summed E-state index contributed by atoms with van der Waals surface area (Å²) in [6.07, 6.45) is 1.46. The number of methoxy groups -OCH3 is 1. The summed E-state index contributed by atoms with van der Waals surface area (Å²) in [6, 6.07) is 14.3. The topological polar surface area (TPSA) is 120 Å². The number of nitrogens with zero attached hydrogens (tertiary/aromatic N) is 1. The second-order valence-electron chi connectivity index (χ2n) is 7.68. The van der Waals surface area contributed by atoms with Crippen LogP contribution in [-0.2, 0) is 14.4 Å². The van der Waals surface area contributed by atoms with E-state index in [1.54, 1.807) is 23.1 Å². The van der Waals surface area contributed by atoms with Crippen LogP contribution in [0, 0.1) is 5.92 Å². The molecule has 2 aromatic carbocycles. The molecule has 1 aliphatic heterocycles. The summed E-state index contributed by atoms with van der Waals surface area (Å²) in [7, 11) is 1.48. The number of hydrogen-bond acceptors (Lipinski definition) is 6. The van der Waals surface area contributed by atoms with Gasteiger partial charge in [-0.2, -0.15) is 0 Å². The van der Waals surface area contributed by atoms with Crippen molar-refractivity contribution in [1.82, 2.24) is 4.90 Å². The minimum Gasteiger partial charge on any atom is -0.493 e. The number of ether oxygens (including phenoxy) is 3. The molecule has 0 atom stereocenters. The summed E-state index contributed by atoms with van der Waals surface area (Å²) in [6.45, 7) is 1.08. The van der Waals surface area contributed by atoms with E-state index in [2.05, 4.69) is 5.32 Å². The van der Waals surface area contributed by atoms with Crippen molar-refractivity contribution < 1.29 is 28.6 Å². The summed E-state index contributed by atoms with van der Waals surface area (Å²) in [5.41, 5.74) is 5.65. The quantitative estimate of drug-likeness (QED) is 0.567. The van der Waals surface area contributed by atoms with Crippen LogP contribution in [0.4, 0.5) is 5.69 Å². The van der Waals surface area contributed by atoms with Gasteiger partial charge in [0.1, 0.15) is 5.75 Å². The first-order chi connectivity index (χ1) is 16.0. The van der Waals surface area contributed by atoms with Gasteiger partial charge in [-0.3, -0.25) is 14.4 Å². The molecule has 0 radical (unpaired) electrons. The van der Waals surface area contributed by atoms with E-state index >= 15 is 0 Å². The van der Waals surface area contributed by atoms with Crippen LogP contribution in [0.2, 0.25) is 0 Å². The molecule has 0 unspecified atom stereocenters. The number of rotatable bonds is 10. The first-order valence-electron chi connectivity index (χ1n) is 10.8. The van der Waals surface area contributed by atoms with Gasteiger partial charge in [0.05, 0.1) is 20.1 Å². The van der Waals surface area contributed by atoms with Gasteiger partial charge in [-0.25, -0.2) is 0 Å². The summed E-state index contributed by atoms with van der Waals surface area (Å²) < 4.78 is 16.2. The lowest BCUT2D eigenvalue weighted by molar-refractivity contribution is -0.135. The van der Waals surface area contributed by atoms with Crippen LogP contribution in [0.15, 0.2) is 48.5 Å². The predicted octanol–water partition coefficient (Wildman–Crippen LogP) is 2.21. The maximum atomic E-state index is 12.7. The number of carbonyl (C=O) groups excluding carboxylic acids is 3. The van der Waals surface area contributed by atoms with Crippen LogP contribution < -0.4 is 25.3 Å². The standard InChI is InChI=1S/C24H29N3O6/c1-31-20-8-7-18(15-21(20)33-16-22(25)28)26-24(30)17-9-12-27(13-10-17)23(29)11-14-32-19-5-3-2-4-6-19/h2-8,15,17H,9-14,16H2,1H3,(H2,25,28)(H,26,30). The molecule has 0 aromatic heterocycles. The van der Waals surface area contributed by atoms with Gasteiger partial charge >= 0.3 is 0 Å². The smallest absolute Gasteiger partial charge is 0.255 e. The Labute approximate surface area is 192 Å². The molecule has 1 aliphatic rings. The zero-order valence-corrected chi connectivity index (χ0v) is 18.6. The van der Waals surface area contributed by atoms with E-state index in [9.17, 15) is 14.4 Å². The fourth-order valence-corrected chi connectivity index (χ4v) is 3.58. The van der Waals surface area contributed by atoms with Crippen LogP contribution >= 0.6 is 0 Å². The van der Waals surface area contributed by atoms with Crippen LogP contribution in [-0.4, -0.2) is 56.0 Å². The molecule has 3 amide bonds. The van der Waals surface area contributed by atoms with Crippen LogP contribution in [0.1, 0.15) is 19.3 Å². The number of nitrogens with two attached hydrogens (primary N) is 1. The molecule has 0 aliphatic carbocycles. The van der Waals surface area contributed by atoms with Gasteiger partial charge in [-0.1, -0.05) is 18.2 Å². The lowest BCUT2D eigenvalue weighted by Crippen LogP contribution is -2.41. The summed E-state index contributed by atoms with van der Waals surface area (Å²) in [5.74, 6) is 0.565. The Morgan fingerprint density at radius 2 is 1.76 bits per heavy atom. The maximum absolute atomic E-state index is 12.7. The van der Waals surface area contributed by atoms with Gasteiger partial charge in [0.2, 0.25) is 11.8 Å². The molecule has 176 valence electrons. The van der Waals surface area contributed by atoms with E-state index in [-0.39, 0.29) is 24.3 Å². The van der Waals surface area contributed by atoms with Crippen molar-refractivity contribution in [2.24, 2.45) is 11.7 Å². The van der Waals surface area contributed by atoms with Crippen molar-refractivity contribution in [1.29, 1.82) is 0 Å². The fourth-order valence-electron chi connectivity index (χ4n) is 3.58. The van der Waals surface area contributed by atoms with Crippen molar-refractivity contribution in [2.45, 2.75) is 19.3 Å². The zero-order valence-electron chi connectivity index (χ0n) is 18.6. The monoisotopic (exact) mass is 455 g/mol. The molecule has 1 saturated heterocycles. The molecule has 1 heterocycles. The highest BCUT2D eigenvalue weighted by Gasteiger charge is 2.27. The van der Waals surface area contributed by atoms with E-state index in [0.717, 1.165) is 5.75 Å². The Kier molecular flexibility index (Phi) is 8.51. The first-order valence-corrected chi connectivity index (χ1v) is 10.8. The average molecular weight is 456 g/mol. The molecule has 0 bridgehead atoms. The van der Waals surface area contributed by atoms with Gasteiger partial charge < -0.3 is 30.2 Å². The second-order valence-corrected chi connectivity index (χ2v) is 7.68. The minimum atomic E-state index is -0.612. The lowest BCUT2D eigenvalue weighted by Gasteiger charge is -2.31. The van der Waals surface area contributed by atoms with Gasteiger partial charge in [0, 0.05) is 30.8 Å². The van der Waals surface area contributed by atoms with Gasteiger partial charge in [-0.15, -0.1) is 0 Å². The fraction of sp³-hybridized carbons (Fsp3) is 0.375. The summed E-state index contributed by atoms with van der Waals surface area (Å²) in [4.78, 5) is 37.9. The lowest BCUT2D eigenvalue weighted by atomic mass is 9.95. The number of piperidine rings is 1. The second kappa shape index (κ2) is 11.8. The van der Waals surface area contributed by atoms with Crippen LogP contribution in [0.5, 0.6) is 17.2 Å². The van der Waals surface area contributed by atoms with Crippen molar-refractivity contribution in [2.75, 3.05) is 38.7 Å². The third-order valence-corrected chi connectivity index (χ3v) is 5.35. The summed E-state index contributed by atoms with van der Waals surface area (Å²) >= 11 is 0. The molecule has 3 rings (SSSR count). The van der Waals surface area contributed by atoms with Crippen molar-refractivity contribution >= 4 is 23.4 Å². The number of carbonyl (C=O) groups is 3. The van der Waals surface area contributed by atoms with E-state index in [4.69, 9.17) is 19.9 Å². The predicted molar refractivity (Wildman–Crippen MR) is 122 cm³/mol. The molecule has 9 nitrogen and oxygen atoms in total. The number of benzene rings is 2. The van der Waals surface area contributed by atoms with Gasteiger partial charge in [-0.05, 0) is 37.1 Å². The van der Waals surface area contributed by atoms with E-state index in [1.165, 1.54) is 7.11 Å². The molecule has 1 fully saturated rings. The molecule has 33 heavy (non-hydrogen) atoms. The number of nitrogens with one attached hydrogen (secondary N) is 1. The largest absolute Gasteiger partial charge is 0.493 e. The normalized spacial score (nSPS) is 13.8. The van der Waals surface area contributed by atoms with E-state index in [0.29, 0.717) is 56.1 Å². The molecule has 0 saturated carbocycles. The third-order valence-electron chi connectivity index (χ3n) is 5.35. The van der Waals surface area contributed by atoms with Gasteiger partial charge in [0.15, 0.2) is 18.1 Å². The molecule has 3 N–H and O–H groups in total. The van der Waals surface area contributed by atoms with Crippen LogP contribution in [0.25, 0.3) is 0 Å². The third kappa shape index (κ3) is 7.13. The molecule has 9 heteroatoms. The molecule has 2 aromatic rings. The minimum absolute atomic E-state index is 0.0242. The zero-order chi connectivity index (χ0) is 23.6. The first kappa shape index (κ1) is 23.9. The van der Waals surface area contributed by atoms with Crippen LogP contribution in [0.3, 0.4) is 0 Å². The maximum Gasteiger partial charge on any atom is 0.255 e. The van der Waals surface area contributed by atoms with E-state index in [1.807, 2.05) is 30.3 Å². The Bertz CT molecular complexity index is 958. The Morgan fingerprint density at radius 1 is 1.03 bits per heavy atom. The van der Waals surface area contributed by atoms with E-state index < -0.39 is 5.91 Å². The Morgan fingerprint density at radius 3 is 2.42 bits per heavy atom. The highest BCUT2D eigenvalue weighted by molar-refractivity contribution is 5.93. The highest BCUT2D eigenvalue weighted by Crippen LogP contribution is 2.31. The Balaban J connectivity index is 1.45.